The van der Waals surface area contributed by atoms with Crippen molar-refractivity contribution < 1.29 is 14.1 Å². The van der Waals surface area contributed by atoms with E-state index in [1.165, 1.54) is 12.1 Å². The fourth-order valence-corrected chi connectivity index (χ4v) is 2.04. The Hall–Kier alpha value is -2.89. The van der Waals surface area contributed by atoms with Crippen LogP contribution in [-0.2, 0) is 0 Å². The first-order chi connectivity index (χ1) is 10.2. The minimum Gasteiger partial charge on any atom is -0.494 e. The second-order valence-corrected chi connectivity index (χ2v) is 4.39. The third-order valence-electron chi connectivity index (χ3n) is 2.97. The highest BCUT2D eigenvalue weighted by Crippen LogP contribution is 2.28. The van der Waals surface area contributed by atoms with Gasteiger partial charge in [-0.15, -0.1) is 0 Å². The molecule has 21 heavy (non-hydrogen) atoms. The van der Waals surface area contributed by atoms with E-state index in [4.69, 9.17) is 9.15 Å². The number of oxazole rings is 1. The van der Waals surface area contributed by atoms with Crippen LogP contribution >= 0.6 is 0 Å². The second kappa shape index (κ2) is 5.24. The Morgan fingerprint density at radius 3 is 2.90 bits per heavy atom. The van der Waals surface area contributed by atoms with Crippen molar-refractivity contribution in [3.8, 4) is 17.2 Å². The number of hydrogen-bond acceptors (Lipinski definition) is 5. The van der Waals surface area contributed by atoms with Gasteiger partial charge in [0.1, 0.15) is 11.3 Å². The number of nitro groups is 1. The van der Waals surface area contributed by atoms with Crippen molar-refractivity contribution in [1.82, 2.24) is 4.98 Å². The third-order valence-corrected chi connectivity index (χ3v) is 2.97. The van der Waals surface area contributed by atoms with Gasteiger partial charge < -0.3 is 9.15 Å². The van der Waals surface area contributed by atoms with E-state index in [2.05, 4.69) is 4.98 Å². The zero-order chi connectivity index (χ0) is 14.8. The Kier molecular flexibility index (Phi) is 3.27. The van der Waals surface area contributed by atoms with Gasteiger partial charge >= 0.3 is 0 Å². The van der Waals surface area contributed by atoms with E-state index in [-0.39, 0.29) is 5.69 Å². The lowest BCUT2D eigenvalue weighted by Crippen LogP contribution is -1.91. The number of rotatable bonds is 4. The summed E-state index contributed by atoms with van der Waals surface area (Å²) in [7, 11) is 0. The standard InChI is InChI=1S/C15H12N2O4/c1-2-20-12-5-3-4-10(8-12)15-16-13-9-11(17(18)19)6-7-14(13)21-15/h3-9H,2H2,1H3. The quantitative estimate of drug-likeness (QED) is 0.537. The Morgan fingerprint density at radius 1 is 1.29 bits per heavy atom. The highest BCUT2D eigenvalue weighted by molar-refractivity contribution is 5.78. The van der Waals surface area contributed by atoms with Gasteiger partial charge in [-0.3, -0.25) is 10.1 Å². The highest BCUT2D eigenvalue weighted by atomic mass is 16.6. The molecule has 0 spiro atoms. The number of fused-ring (bicyclic) bond motifs is 1. The summed E-state index contributed by atoms with van der Waals surface area (Å²) in [6, 6.07) is 11.7. The van der Waals surface area contributed by atoms with Crippen LogP contribution in [0, 0.1) is 10.1 Å². The number of ether oxygens (including phenoxy) is 1. The topological polar surface area (TPSA) is 78.4 Å². The van der Waals surface area contributed by atoms with Gasteiger partial charge in [0, 0.05) is 17.7 Å². The van der Waals surface area contributed by atoms with Crippen molar-refractivity contribution >= 4 is 16.8 Å². The van der Waals surface area contributed by atoms with Crippen LogP contribution in [-0.4, -0.2) is 16.5 Å². The number of nitro benzene ring substituents is 1. The third kappa shape index (κ3) is 2.55. The molecule has 0 unspecified atom stereocenters. The number of nitrogens with zero attached hydrogens (tertiary/aromatic N) is 2. The summed E-state index contributed by atoms with van der Waals surface area (Å²) in [6.07, 6.45) is 0. The Bertz CT molecular complexity index is 810. The van der Waals surface area contributed by atoms with Crippen molar-refractivity contribution in [2.45, 2.75) is 6.92 Å². The Labute approximate surface area is 120 Å². The fraction of sp³-hybridized carbons (Fsp3) is 0.133. The number of non-ortho nitro benzene ring substituents is 1. The molecule has 0 saturated heterocycles. The molecule has 3 rings (SSSR count). The average molecular weight is 284 g/mol. The van der Waals surface area contributed by atoms with Crippen LogP contribution in [0.2, 0.25) is 0 Å². The molecule has 3 aromatic rings. The van der Waals surface area contributed by atoms with Crippen molar-refractivity contribution in [1.29, 1.82) is 0 Å². The summed E-state index contributed by atoms with van der Waals surface area (Å²) >= 11 is 0. The van der Waals surface area contributed by atoms with Gasteiger partial charge in [-0.2, -0.15) is 0 Å². The zero-order valence-corrected chi connectivity index (χ0v) is 11.3. The van der Waals surface area contributed by atoms with Crippen LogP contribution in [0.3, 0.4) is 0 Å². The van der Waals surface area contributed by atoms with E-state index in [1.807, 2.05) is 31.2 Å². The molecule has 0 amide bonds. The zero-order valence-electron chi connectivity index (χ0n) is 11.3. The molecule has 0 bridgehead atoms. The van der Waals surface area contributed by atoms with E-state index >= 15 is 0 Å². The molecule has 6 nitrogen and oxygen atoms in total. The molecule has 2 aromatic carbocycles. The van der Waals surface area contributed by atoms with Crippen LogP contribution in [0.4, 0.5) is 5.69 Å². The van der Waals surface area contributed by atoms with Crippen LogP contribution in [0.1, 0.15) is 6.92 Å². The first-order valence-corrected chi connectivity index (χ1v) is 6.45. The monoisotopic (exact) mass is 284 g/mol. The number of benzene rings is 2. The Morgan fingerprint density at radius 2 is 2.14 bits per heavy atom. The minimum absolute atomic E-state index is 0.00887. The maximum Gasteiger partial charge on any atom is 0.271 e. The molecule has 0 fully saturated rings. The predicted molar refractivity (Wildman–Crippen MR) is 77.3 cm³/mol. The maximum absolute atomic E-state index is 10.8. The van der Waals surface area contributed by atoms with Crippen LogP contribution < -0.4 is 4.74 Å². The van der Waals surface area contributed by atoms with Gasteiger partial charge in [-0.25, -0.2) is 4.98 Å². The lowest BCUT2D eigenvalue weighted by Gasteiger charge is -2.03. The first-order valence-electron chi connectivity index (χ1n) is 6.45. The van der Waals surface area contributed by atoms with Gasteiger partial charge in [-0.05, 0) is 31.2 Å². The van der Waals surface area contributed by atoms with E-state index in [9.17, 15) is 10.1 Å². The van der Waals surface area contributed by atoms with Gasteiger partial charge in [0.2, 0.25) is 5.89 Å². The molecular weight excluding hydrogens is 272 g/mol. The number of aromatic nitrogens is 1. The van der Waals surface area contributed by atoms with Crippen LogP contribution in [0.5, 0.6) is 5.75 Å². The molecule has 106 valence electrons. The van der Waals surface area contributed by atoms with Gasteiger partial charge in [0.15, 0.2) is 5.58 Å². The molecule has 6 heteroatoms. The molecule has 1 heterocycles. The van der Waals surface area contributed by atoms with Crippen molar-refractivity contribution in [2.75, 3.05) is 6.61 Å². The fourth-order valence-electron chi connectivity index (χ4n) is 2.04. The number of hydrogen-bond donors (Lipinski definition) is 0. The molecule has 0 N–H and O–H groups in total. The van der Waals surface area contributed by atoms with Gasteiger partial charge in [0.25, 0.3) is 5.69 Å². The SMILES string of the molecule is CCOc1cccc(-c2nc3cc([N+](=O)[O-])ccc3o2)c1. The summed E-state index contributed by atoms with van der Waals surface area (Å²) in [4.78, 5) is 14.6. The van der Waals surface area contributed by atoms with Crippen LogP contribution in [0.25, 0.3) is 22.6 Å². The maximum atomic E-state index is 10.8. The molecule has 0 aliphatic carbocycles. The lowest BCUT2D eigenvalue weighted by atomic mass is 10.2. The van der Waals surface area contributed by atoms with E-state index in [1.54, 1.807) is 6.07 Å². The van der Waals surface area contributed by atoms with E-state index < -0.39 is 4.92 Å². The smallest absolute Gasteiger partial charge is 0.271 e. The summed E-state index contributed by atoms with van der Waals surface area (Å²) in [5, 5.41) is 10.8. The summed E-state index contributed by atoms with van der Waals surface area (Å²) in [6.45, 7) is 2.48. The van der Waals surface area contributed by atoms with E-state index in [0.29, 0.717) is 23.6 Å². The van der Waals surface area contributed by atoms with Crippen molar-refractivity contribution in [3.05, 3.63) is 52.6 Å². The lowest BCUT2D eigenvalue weighted by molar-refractivity contribution is -0.384. The predicted octanol–water partition coefficient (Wildman–Crippen LogP) is 3.80. The van der Waals surface area contributed by atoms with Gasteiger partial charge in [0.05, 0.1) is 11.5 Å². The van der Waals surface area contributed by atoms with Crippen molar-refractivity contribution in [2.24, 2.45) is 0 Å². The van der Waals surface area contributed by atoms with Gasteiger partial charge in [-0.1, -0.05) is 6.07 Å². The molecule has 0 atom stereocenters. The second-order valence-electron chi connectivity index (χ2n) is 4.39. The van der Waals surface area contributed by atoms with Crippen molar-refractivity contribution in [3.63, 3.8) is 0 Å². The molecule has 0 radical (unpaired) electrons. The average Bonchev–Trinajstić information content (AvgIpc) is 2.91. The summed E-state index contributed by atoms with van der Waals surface area (Å²) in [5.41, 5.74) is 1.73. The molecule has 0 saturated carbocycles. The minimum atomic E-state index is -0.455. The molecule has 0 aliphatic heterocycles. The summed E-state index contributed by atoms with van der Waals surface area (Å²) in [5.74, 6) is 1.13. The normalized spacial score (nSPS) is 10.7. The molecule has 0 aliphatic rings. The van der Waals surface area contributed by atoms with Crippen LogP contribution in [0.15, 0.2) is 46.9 Å². The molecule has 1 aromatic heterocycles. The molecular formula is C15H12N2O4. The van der Waals surface area contributed by atoms with E-state index in [0.717, 1.165) is 11.3 Å². The highest BCUT2D eigenvalue weighted by Gasteiger charge is 2.13. The Balaban J connectivity index is 2.04. The first kappa shape index (κ1) is 13.1. The summed E-state index contributed by atoms with van der Waals surface area (Å²) < 4.78 is 11.1. The largest absolute Gasteiger partial charge is 0.494 e.